The number of ketones is 1. The molecule has 0 bridgehead atoms. The minimum absolute atomic E-state index is 0.0447. The molecule has 0 N–H and O–H groups in total. The van der Waals surface area contributed by atoms with Gasteiger partial charge in [0.15, 0.2) is 0 Å². The van der Waals surface area contributed by atoms with Gasteiger partial charge in [-0.05, 0) is 30.2 Å². The lowest BCUT2D eigenvalue weighted by atomic mass is 9.85. The van der Waals surface area contributed by atoms with E-state index in [9.17, 15) is 14.4 Å². The van der Waals surface area contributed by atoms with Gasteiger partial charge in [-0.3, -0.25) is 14.4 Å². The van der Waals surface area contributed by atoms with Gasteiger partial charge in [-0.2, -0.15) is 0 Å². The number of methoxy groups -OCH3 is 1. The summed E-state index contributed by atoms with van der Waals surface area (Å²) in [6.45, 7) is 1.85. The van der Waals surface area contributed by atoms with E-state index in [1.807, 2.05) is 31.2 Å². The minimum Gasteiger partial charge on any atom is -0.484 e. The average Bonchev–Trinajstić information content (AvgIpc) is 2.86. The molecule has 1 unspecified atom stereocenters. The van der Waals surface area contributed by atoms with Crippen LogP contribution in [0, 0.1) is 6.92 Å². The number of carbonyl (C=O) groups is 3. The molecule has 0 spiro atoms. The van der Waals surface area contributed by atoms with E-state index < -0.39 is 17.8 Å². The maximum atomic E-state index is 12.4. The summed E-state index contributed by atoms with van der Waals surface area (Å²) >= 11 is 0. The molecule has 2 aliphatic rings. The number of nitrogens with zero attached hydrogens (tertiary/aromatic N) is 1. The zero-order valence-corrected chi connectivity index (χ0v) is 14.7. The third-order valence-electron chi connectivity index (χ3n) is 5.02. The van der Waals surface area contributed by atoms with E-state index in [1.54, 1.807) is 13.1 Å². The van der Waals surface area contributed by atoms with Crippen LogP contribution in [0.1, 0.15) is 34.0 Å². The van der Waals surface area contributed by atoms with Crippen molar-refractivity contribution in [2.75, 3.05) is 19.1 Å². The van der Waals surface area contributed by atoms with Gasteiger partial charge < -0.3 is 14.4 Å². The minimum atomic E-state index is -0.552. The zero-order chi connectivity index (χ0) is 18.6. The molecule has 0 radical (unpaired) electrons. The number of hydrogen-bond acceptors (Lipinski definition) is 5. The van der Waals surface area contributed by atoms with Crippen molar-refractivity contribution in [3.05, 3.63) is 47.0 Å². The van der Waals surface area contributed by atoms with Gasteiger partial charge >= 0.3 is 5.97 Å². The summed E-state index contributed by atoms with van der Waals surface area (Å²) in [5.41, 5.74) is 4.20. The summed E-state index contributed by atoms with van der Waals surface area (Å²) in [6, 6.07) is 9.20. The number of esters is 1. The van der Waals surface area contributed by atoms with Crippen LogP contribution in [0.2, 0.25) is 0 Å². The number of carbonyl (C=O) groups excluding carboxylic acids is 3. The Labute approximate surface area is 150 Å². The van der Waals surface area contributed by atoms with E-state index in [2.05, 4.69) is 0 Å². The number of ether oxygens (including phenoxy) is 2. The van der Waals surface area contributed by atoms with Crippen molar-refractivity contribution >= 4 is 23.3 Å². The molecule has 2 aromatic rings. The number of rotatable bonds is 2. The molecule has 6 nitrogen and oxygen atoms in total. The standard InChI is InChI=1S/C20H17NO5/c1-10-17-12(8-13-18(10)21(2)20(24)19(13)23)11-6-4-5-7-14(11)26-15(17)9-16(22)25-3/h4-8,15H,9H2,1-3H3. The second-order valence-electron chi connectivity index (χ2n) is 6.44. The smallest absolute Gasteiger partial charge is 0.309 e. The molecule has 0 aromatic heterocycles. The molecule has 6 heteroatoms. The fourth-order valence-corrected chi connectivity index (χ4v) is 3.82. The van der Waals surface area contributed by atoms with Crippen LogP contribution in [0.15, 0.2) is 30.3 Å². The highest BCUT2D eigenvalue weighted by Gasteiger charge is 2.39. The van der Waals surface area contributed by atoms with Crippen molar-refractivity contribution in [2.45, 2.75) is 19.4 Å². The first-order valence-electron chi connectivity index (χ1n) is 8.26. The third-order valence-corrected chi connectivity index (χ3v) is 5.02. The molecule has 132 valence electrons. The number of benzene rings is 2. The predicted molar refractivity (Wildman–Crippen MR) is 94.4 cm³/mol. The Kier molecular flexibility index (Phi) is 3.57. The van der Waals surface area contributed by atoms with Gasteiger partial charge in [0.1, 0.15) is 11.9 Å². The molecule has 0 fully saturated rings. The highest BCUT2D eigenvalue weighted by molar-refractivity contribution is 6.52. The van der Waals surface area contributed by atoms with Gasteiger partial charge in [-0.1, -0.05) is 18.2 Å². The molecule has 1 amide bonds. The average molecular weight is 351 g/mol. The van der Waals surface area contributed by atoms with Crippen molar-refractivity contribution in [3.8, 4) is 16.9 Å². The summed E-state index contributed by atoms with van der Waals surface area (Å²) in [5, 5.41) is 0. The lowest BCUT2D eigenvalue weighted by Gasteiger charge is -2.31. The zero-order valence-electron chi connectivity index (χ0n) is 14.7. The van der Waals surface area contributed by atoms with Crippen molar-refractivity contribution in [2.24, 2.45) is 0 Å². The van der Waals surface area contributed by atoms with Crippen molar-refractivity contribution in [1.29, 1.82) is 0 Å². The molecular weight excluding hydrogens is 334 g/mol. The van der Waals surface area contributed by atoms with Crippen LogP contribution < -0.4 is 9.64 Å². The summed E-state index contributed by atoms with van der Waals surface area (Å²) < 4.78 is 10.9. The Bertz CT molecular complexity index is 978. The summed E-state index contributed by atoms with van der Waals surface area (Å²) in [7, 11) is 2.92. The quantitative estimate of drug-likeness (QED) is 0.614. The monoisotopic (exact) mass is 351 g/mol. The predicted octanol–water partition coefficient (Wildman–Crippen LogP) is 2.82. The van der Waals surface area contributed by atoms with E-state index in [-0.39, 0.29) is 12.4 Å². The van der Waals surface area contributed by atoms with Gasteiger partial charge in [0.25, 0.3) is 11.7 Å². The topological polar surface area (TPSA) is 72.9 Å². The highest BCUT2D eigenvalue weighted by atomic mass is 16.5. The second kappa shape index (κ2) is 5.69. The number of likely N-dealkylation sites (N-methyl/N-ethyl adjacent to an activating group) is 1. The van der Waals surface area contributed by atoms with Gasteiger partial charge in [0.2, 0.25) is 0 Å². The number of para-hydroxylation sites is 1. The van der Waals surface area contributed by atoms with Crippen LogP contribution in [0.3, 0.4) is 0 Å². The molecular formula is C20H17NO5. The number of hydrogen-bond donors (Lipinski definition) is 0. The summed E-state index contributed by atoms with van der Waals surface area (Å²) in [5.74, 6) is -0.815. The first-order valence-corrected chi connectivity index (χ1v) is 8.26. The Morgan fingerprint density at radius 2 is 1.92 bits per heavy atom. The summed E-state index contributed by atoms with van der Waals surface area (Å²) in [4.78, 5) is 37.8. The van der Waals surface area contributed by atoms with Crippen LogP contribution in [-0.2, 0) is 14.3 Å². The fourth-order valence-electron chi connectivity index (χ4n) is 3.82. The molecule has 0 saturated heterocycles. The molecule has 0 aliphatic carbocycles. The number of amides is 1. The third kappa shape index (κ3) is 2.15. The molecule has 1 atom stereocenters. The maximum Gasteiger partial charge on any atom is 0.309 e. The van der Waals surface area contributed by atoms with Crippen molar-refractivity contribution in [1.82, 2.24) is 0 Å². The van der Waals surface area contributed by atoms with Crippen LogP contribution in [0.4, 0.5) is 5.69 Å². The van der Waals surface area contributed by atoms with E-state index in [1.165, 1.54) is 12.0 Å². The van der Waals surface area contributed by atoms with E-state index >= 15 is 0 Å². The number of anilines is 1. The second-order valence-corrected chi connectivity index (χ2v) is 6.44. The van der Waals surface area contributed by atoms with Crippen molar-refractivity contribution < 1.29 is 23.9 Å². The van der Waals surface area contributed by atoms with E-state index in [0.717, 1.165) is 22.3 Å². The maximum absolute atomic E-state index is 12.4. The van der Waals surface area contributed by atoms with Crippen LogP contribution >= 0.6 is 0 Å². The van der Waals surface area contributed by atoms with Gasteiger partial charge in [-0.25, -0.2) is 0 Å². The first kappa shape index (κ1) is 16.3. The van der Waals surface area contributed by atoms with Crippen LogP contribution in [0.25, 0.3) is 11.1 Å². The number of fused-ring (bicyclic) bond motifs is 4. The van der Waals surface area contributed by atoms with Crippen LogP contribution in [-0.4, -0.2) is 31.8 Å². The SMILES string of the molecule is COC(=O)CC1Oc2ccccc2-c2cc3c(c(C)c21)N(C)C(=O)C3=O. The van der Waals surface area contributed by atoms with Crippen molar-refractivity contribution in [3.63, 3.8) is 0 Å². The van der Waals surface area contributed by atoms with Gasteiger partial charge in [-0.15, -0.1) is 0 Å². The normalized spacial score (nSPS) is 17.3. The first-order chi connectivity index (χ1) is 12.4. The molecule has 2 aromatic carbocycles. The summed E-state index contributed by atoms with van der Waals surface area (Å²) in [6.07, 6.45) is -0.500. The Hall–Kier alpha value is -3.15. The van der Waals surface area contributed by atoms with E-state index in [4.69, 9.17) is 9.47 Å². The van der Waals surface area contributed by atoms with Crippen LogP contribution in [0.5, 0.6) is 5.75 Å². The highest BCUT2D eigenvalue weighted by Crippen LogP contribution is 2.49. The molecule has 2 heterocycles. The fraction of sp³-hybridized carbons (Fsp3) is 0.250. The van der Waals surface area contributed by atoms with Gasteiger partial charge in [0, 0.05) is 18.2 Å². The Balaban J connectivity index is 1.99. The molecule has 0 saturated carbocycles. The number of Topliss-reactive ketones (excluding diaryl/α,β-unsaturated/α-hetero) is 1. The Morgan fingerprint density at radius 3 is 2.65 bits per heavy atom. The molecule has 2 aliphatic heterocycles. The van der Waals surface area contributed by atoms with E-state index in [0.29, 0.717) is 17.0 Å². The molecule has 26 heavy (non-hydrogen) atoms. The van der Waals surface area contributed by atoms with Gasteiger partial charge in [0.05, 0.1) is 24.8 Å². The lowest BCUT2D eigenvalue weighted by Crippen LogP contribution is -2.25. The molecule has 4 rings (SSSR count). The lowest BCUT2D eigenvalue weighted by molar-refractivity contribution is -0.142. The largest absolute Gasteiger partial charge is 0.484 e. The Morgan fingerprint density at radius 1 is 1.19 bits per heavy atom.